The quantitative estimate of drug-likeness (QED) is 0.139. The third kappa shape index (κ3) is 5.31. The second-order valence-electron chi connectivity index (χ2n) is 8.94. The number of H-pyrrole nitrogens is 1. The molecule has 1 aliphatic heterocycles. The van der Waals surface area contributed by atoms with Gasteiger partial charge in [0.25, 0.3) is 0 Å². The highest BCUT2D eigenvalue weighted by Crippen LogP contribution is 2.41. The van der Waals surface area contributed by atoms with E-state index in [4.69, 9.17) is 28.6 Å². The normalized spacial score (nSPS) is 23.2. The highest BCUT2D eigenvalue weighted by Gasteiger charge is 2.49. The topological polar surface area (TPSA) is 134 Å². The van der Waals surface area contributed by atoms with E-state index in [1.807, 2.05) is 0 Å². The average molecular weight is 684 g/mol. The molecule has 3 heterocycles. The Morgan fingerprint density at radius 2 is 1.85 bits per heavy atom. The van der Waals surface area contributed by atoms with Crippen LogP contribution in [0.15, 0.2) is 41.0 Å². The van der Waals surface area contributed by atoms with Crippen molar-refractivity contribution in [2.75, 3.05) is 6.61 Å². The summed E-state index contributed by atoms with van der Waals surface area (Å²) >= 11 is 14.0. The highest BCUT2D eigenvalue weighted by atomic mass is 79.9. The van der Waals surface area contributed by atoms with Crippen molar-refractivity contribution >= 4 is 39.7 Å². The molecule has 218 valence electrons. The molecule has 5 rings (SSSR count). The van der Waals surface area contributed by atoms with Crippen LogP contribution in [0.25, 0.3) is 16.9 Å². The van der Waals surface area contributed by atoms with Crippen molar-refractivity contribution in [2.24, 2.45) is 0 Å². The summed E-state index contributed by atoms with van der Waals surface area (Å²) in [6.45, 7) is -0.787. The first-order valence-corrected chi connectivity index (χ1v) is 13.1. The van der Waals surface area contributed by atoms with E-state index in [1.54, 1.807) is 0 Å². The number of alkyl halides is 3. The number of halogens is 7. The Bertz CT molecular complexity index is 1670. The van der Waals surface area contributed by atoms with Crippen molar-refractivity contribution in [3.05, 3.63) is 73.8 Å². The smallest absolute Gasteiger partial charge is 0.394 e. The molecule has 18 heteroatoms. The average Bonchev–Trinajstić information content (AvgIpc) is 3.54. The molecule has 5 atom stereocenters. The zero-order valence-corrected chi connectivity index (χ0v) is 23.3. The predicted octanol–water partition coefficient (Wildman–Crippen LogP) is 4.30. The molecule has 0 aliphatic carbocycles. The van der Waals surface area contributed by atoms with Crippen LogP contribution in [0.2, 0.25) is 5.02 Å². The Labute approximate surface area is 245 Å². The standard InChI is InChI=1S/C23H17BrClF5N6O4S/c24-11-4-2-9(15(26)16(11)27)12-6-35(34-31-12)17-18(38)14(7-37)40-20(19(17)39)21-32-33-22(41)36(21)13-5-8(25)1-3-10(13)23(28,29)30/h1-6,14,17-20,37-39H,7H2,(H,33,41)/t14-,17+,18+,19-,20-/m1/s1. The minimum absolute atomic E-state index is 0.0551. The molecule has 2 aromatic carbocycles. The second-order valence-corrected chi connectivity index (χ2v) is 10.6. The monoisotopic (exact) mass is 682 g/mol. The van der Waals surface area contributed by atoms with Crippen LogP contribution in [0.5, 0.6) is 0 Å². The maximum absolute atomic E-state index is 14.6. The summed E-state index contributed by atoms with van der Waals surface area (Å²) in [5, 5.41) is 46.1. The van der Waals surface area contributed by atoms with Gasteiger partial charge in [-0.3, -0.25) is 9.67 Å². The van der Waals surface area contributed by atoms with Crippen molar-refractivity contribution in [1.29, 1.82) is 0 Å². The van der Waals surface area contributed by atoms with E-state index in [-0.39, 0.29) is 31.3 Å². The van der Waals surface area contributed by atoms with Crippen LogP contribution in [0, 0.1) is 16.4 Å². The molecule has 1 aliphatic rings. The van der Waals surface area contributed by atoms with Gasteiger partial charge in [0, 0.05) is 10.6 Å². The fraction of sp³-hybridized carbons (Fsp3) is 0.304. The first kappa shape index (κ1) is 29.7. The van der Waals surface area contributed by atoms with Crippen LogP contribution < -0.4 is 0 Å². The Hall–Kier alpha value is -2.80. The van der Waals surface area contributed by atoms with E-state index in [1.165, 1.54) is 12.1 Å². The molecule has 0 spiro atoms. The van der Waals surface area contributed by atoms with E-state index in [9.17, 15) is 37.3 Å². The predicted molar refractivity (Wildman–Crippen MR) is 138 cm³/mol. The number of ether oxygens (including phenoxy) is 1. The molecule has 0 bridgehead atoms. The minimum Gasteiger partial charge on any atom is -0.394 e. The third-order valence-electron chi connectivity index (χ3n) is 6.48. The molecule has 0 radical (unpaired) electrons. The van der Waals surface area contributed by atoms with Gasteiger partial charge in [-0.2, -0.15) is 18.3 Å². The lowest BCUT2D eigenvalue weighted by atomic mass is 9.92. The van der Waals surface area contributed by atoms with Crippen LogP contribution in [-0.4, -0.2) is 70.0 Å². The van der Waals surface area contributed by atoms with Crippen molar-refractivity contribution in [1.82, 2.24) is 29.8 Å². The van der Waals surface area contributed by atoms with Crippen LogP contribution in [-0.2, 0) is 10.9 Å². The van der Waals surface area contributed by atoms with Crippen LogP contribution >= 0.6 is 39.7 Å². The Balaban J connectivity index is 1.59. The molecule has 41 heavy (non-hydrogen) atoms. The van der Waals surface area contributed by atoms with Gasteiger partial charge >= 0.3 is 6.18 Å². The molecule has 4 N–H and O–H groups in total. The van der Waals surface area contributed by atoms with E-state index in [0.29, 0.717) is 0 Å². The lowest BCUT2D eigenvalue weighted by Crippen LogP contribution is -2.53. The molecule has 0 saturated carbocycles. The Kier molecular flexibility index (Phi) is 8.05. The van der Waals surface area contributed by atoms with Gasteiger partial charge in [0.2, 0.25) is 0 Å². The SMILES string of the molecule is OC[C@H]1O[C@@H](c2n[nH]c(=S)n2-c2cc(Cl)ccc2C(F)(F)F)[C@H](O)[C@@H](n2cc(-c3ccc(Br)c(F)c3F)nn2)[C@H]1O. The number of rotatable bonds is 5. The summed E-state index contributed by atoms with van der Waals surface area (Å²) in [5.41, 5.74) is -2.07. The number of aromatic nitrogens is 6. The van der Waals surface area contributed by atoms with Gasteiger partial charge in [0.15, 0.2) is 22.2 Å². The van der Waals surface area contributed by atoms with Gasteiger partial charge in [-0.1, -0.05) is 16.8 Å². The molecule has 0 unspecified atom stereocenters. The molecule has 2 aromatic heterocycles. The van der Waals surface area contributed by atoms with Crippen molar-refractivity contribution in [3.8, 4) is 16.9 Å². The van der Waals surface area contributed by atoms with E-state index in [2.05, 4.69) is 36.4 Å². The summed E-state index contributed by atoms with van der Waals surface area (Å²) < 4.78 is 77.4. The molecular formula is C23H17BrClF5N6O4S. The Morgan fingerprint density at radius 1 is 1.12 bits per heavy atom. The van der Waals surface area contributed by atoms with Crippen molar-refractivity contribution in [3.63, 3.8) is 0 Å². The second kappa shape index (κ2) is 11.1. The van der Waals surface area contributed by atoms with E-state index in [0.717, 1.165) is 33.6 Å². The summed E-state index contributed by atoms with van der Waals surface area (Å²) in [5.74, 6) is -2.75. The number of hydrogen-bond donors (Lipinski definition) is 4. The molecule has 0 amide bonds. The third-order valence-corrected chi connectivity index (χ3v) is 7.60. The lowest BCUT2D eigenvalue weighted by molar-refractivity contribution is -0.210. The summed E-state index contributed by atoms with van der Waals surface area (Å²) in [6, 6.07) is 3.82. The van der Waals surface area contributed by atoms with Crippen LogP contribution in [0.3, 0.4) is 0 Å². The van der Waals surface area contributed by atoms with Gasteiger partial charge in [0.1, 0.15) is 36.2 Å². The van der Waals surface area contributed by atoms with E-state index < -0.39 is 66.1 Å². The lowest BCUT2D eigenvalue weighted by Gasteiger charge is -2.41. The molecule has 1 fully saturated rings. The number of nitrogens with one attached hydrogen (secondary N) is 1. The molecule has 4 aromatic rings. The molecular weight excluding hydrogens is 667 g/mol. The van der Waals surface area contributed by atoms with Crippen LogP contribution in [0.4, 0.5) is 22.0 Å². The zero-order valence-electron chi connectivity index (χ0n) is 20.1. The van der Waals surface area contributed by atoms with E-state index >= 15 is 0 Å². The van der Waals surface area contributed by atoms with Gasteiger partial charge in [-0.05, 0) is 58.5 Å². The summed E-state index contributed by atoms with van der Waals surface area (Å²) in [6.07, 6.45) is -10.1. The first-order chi connectivity index (χ1) is 19.3. The van der Waals surface area contributed by atoms with Crippen LogP contribution in [0.1, 0.15) is 23.5 Å². The largest absolute Gasteiger partial charge is 0.418 e. The zero-order chi connectivity index (χ0) is 29.8. The first-order valence-electron chi connectivity index (χ1n) is 11.6. The number of hydrogen-bond acceptors (Lipinski definition) is 8. The van der Waals surface area contributed by atoms with Gasteiger partial charge < -0.3 is 20.1 Å². The Morgan fingerprint density at radius 3 is 2.54 bits per heavy atom. The molecule has 10 nitrogen and oxygen atoms in total. The number of aliphatic hydroxyl groups excluding tert-OH is 3. The van der Waals surface area contributed by atoms with Crippen molar-refractivity contribution in [2.45, 2.75) is 36.6 Å². The minimum atomic E-state index is -4.83. The molecule has 1 saturated heterocycles. The fourth-order valence-electron chi connectivity index (χ4n) is 4.56. The number of aliphatic hydroxyl groups is 3. The van der Waals surface area contributed by atoms with Gasteiger partial charge in [-0.15, -0.1) is 5.10 Å². The fourth-order valence-corrected chi connectivity index (χ4v) is 5.27. The maximum Gasteiger partial charge on any atom is 0.418 e. The van der Waals surface area contributed by atoms with Gasteiger partial charge in [0.05, 0.1) is 28.5 Å². The van der Waals surface area contributed by atoms with Gasteiger partial charge in [-0.25, -0.2) is 13.5 Å². The number of aromatic amines is 1. The van der Waals surface area contributed by atoms with Crippen molar-refractivity contribution < 1.29 is 42.0 Å². The maximum atomic E-state index is 14.6. The number of nitrogens with zero attached hydrogens (tertiary/aromatic N) is 5. The number of benzene rings is 2. The summed E-state index contributed by atoms with van der Waals surface area (Å²) in [4.78, 5) is 0. The highest BCUT2D eigenvalue weighted by molar-refractivity contribution is 9.10. The summed E-state index contributed by atoms with van der Waals surface area (Å²) in [7, 11) is 0.